The van der Waals surface area contributed by atoms with Crippen LogP contribution in [0.5, 0.6) is 0 Å². The van der Waals surface area contributed by atoms with Gasteiger partial charge in [0.15, 0.2) is 6.61 Å². The smallest absolute Gasteiger partial charge is 0.348 e. The molecule has 25 heavy (non-hydrogen) atoms. The minimum absolute atomic E-state index is 0.208. The number of halogens is 1. The highest BCUT2D eigenvalue weighted by Crippen LogP contribution is 2.28. The van der Waals surface area contributed by atoms with Gasteiger partial charge in [-0.3, -0.25) is 9.59 Å². The van der Waals surface area contributed by atoms with Crippen LogP contribution in [0, 0.1) is 11.7 Å². The van der Waals surface area contributed by atoms with Gasteiger partial charge in [-0.05, 0) is 31.0 Å². The molecule has 2 heterocycles. The average Bonchev–Trinajstić information content (AvgIpc) is 3.05. The van der Waals surface area contributed by atoms with Crippen LogP contribution in [-0.4, -0.2) is 42.4 Å². The van der Waals surface area contributed by atoms with Crippen LogP contribution in [0.4, 0.5) is 4.39 Å². The zero-order valence-corrected chi connectivity index (χ0v) is 14.2. The van der Waals surface area contributed by atoms with Gasteiger partial charge in [0.2, 0.25) is 5.91 Å². The number of benzene rings is 1. The van der Waals surface area contributed by atoms with Gasteiger partial charge in [-0.25, -0.2) is 9.18 Å². The van der Waals surface area contributed by atoms with E-state index in [0.29, 0.717) is 36.0 Å². The first-order valence-electron chi connectivity index (χ1n) is 7.88. The van der Waals surface area contributed by atoms with Crippen LogP contribution in [0.25, 0.3) is 10.1 Å². The molecule has 2 amide bonds. The third kappa shape index (κ3) is 3.79. The van der Waals surface area contributed by atoms with Gasteiger partial charge in [0.05, 0.1) is 0 Å². The van der Waals surface area contributed by atoms with Crippen molar-refractivity contribution >= 4 is 39.2 Å². The number of nitrogens with zero attached hydrogens (tertiary/aromatic N) is 1. The van der Waals surface area contributed by atoms with E-state index in [2.05, 4.69) is 0 Å². The van der Waals surface area contributed by atoms with Crippen LogP contribution < -0.4 is 5.73 Å². The Balaban J connectivity index is 1.55. The van der Waals surface area contributed by atoms with Gasteiger partial charge < -0.3 is 15.4 Å². The molecule has 1 aliphatic heterocycles. The van der Waals surface area contributed by atoms with E-state index in [9.17, 15) is 18.8 Å². The van der Waals surface area contributed by atoms with E-state index in [0.717, 1.165) is 11.3 Å². The molecule has 132 valence electrons. The second kappa shape index (κ2) is 7.18. The number of fused-ring (bicyclic) bond motifs is 1. The van der Waals surface area contributed by atoms with E-state index < -0.39 is 11.8 Å². The lowest BCUT2D eigenvalue weighted by Crippen LogP contribution is -2.43. The standard InChI is InChI=1S/C17H17FN2O4S/c18-12-2-1-3-13-11(12)8-14(25-13)17(23)24-9-15(21)20-6-4-10(5-7-20)16(19)22/h1-3,8,10H,4-7,9H2,(H2,19,22). The number of amides is 2. The molecule has 0 bridgehead atoms. The molecule has 3 rings (SSSR count). The molecule has 0 saturated carbocycles. The Morgan fingerprint density at radius 2 is 2.00 bits per heavy atom. The fourth-order valence-electron chi connectivity index (χ4n) is 2.83. The Morgan fingerprint density at radius 3 is 2.64 bits per heavy atom. The maximum absolute atomic E-state index is 13.7. The van der Waals surface area contributed by atoms with E-state index in [1.54, 1.807) is 17.0 Å². The lowest BCUT2D eigenvalue weighted by molar-refractivity contribution is -0.137. The van der Waals surface area contributed by atoms with Gasteiger partial charge in [0.1, 0.15) is 10.7 Å². The van der Waals surface area contributed by atoms with Crippen LogP contribution in [0.2, 0.25) is 0 Å². The molecule has 2 N–H and O–H groups in total. The number of piperidine rings is 1. The topological polar surface area (TPSA) is 89.7 Å². The van der Waals surface area contributed by atoms with Crippen LogP contribution in [0.15, 0.2) is 24.3 Å². The summed E-state index contributed by atoms with van der Waals surface area (Å²) in [7, 11) is 0. The minimum atomic E-state index is -0.652. The molecule has 1 aromatic carbocycles. The molecule has 0 spiro atoms. The highest BCUT2D eigenvalue weighted by atomic mass is 32.1. The number of hydrogen-bond acceptors (Lipinski definition) is 5. The van der Waals surface area contributed by atoms with Crippen molar-refractivity contribution in [3.63, 3.8) is 0 Å². The number of ether oxygens (including phenoxy) is 1. The zero-order valence-electron chi connectivity index (χ0n) is 13.4. The van der Waals surface area contributed by atoms with Gasteiger partial charge in [-0.1, -0.05) is 6.07 Å². The summed E-state index contributed by atoms with van der Waals surface area (Å²) >= 11 is 1.12. The summed E-state index contributed by atoms with van der Waals surface area (Å²) in [5.74, 6) is -1.93. The van der Waals surface area contributed by atoms with Crippen molar-refractivity contribution in [3.05, 3.63) is 35.0 Å². The predicted octanol–water partition coefficient (Wildman–Crippen LogP) is 1.92. The highest BCUT2D eigenvalue weighted by molar-refractivity contribution is 7.20. The fourth-order valence-corrected chi connectivity index (χ4v) is 3.80. The molecular weight excluding hydrogens is 347 g/mol. The van der Waals surface area contributed by atoms with E-state index >= 15 is 0 Å². The lowest BCUT2D eigenvalue weighted by Gasteiger charge is -2.30. The quantitative estimate of drug-likeness (QED) is 0.840. The van der Waals surface area contributed by atoms with E-state index in [1.807, 2.05) is 0 Å². The first-order chi connectivity index (χ1) is 12.0. The van der Waals surface area contributed by atoms with Crippen LogP contribution in [0.1, 0.15) is 22.5 Å². The normalized spacial score (nSPS) is 15.3. The van der Waals surface area contributed by atoms with Crippen molar-refractivity contribution < 1.29 is 23.5 Å². The molecule has 0 radical (unpaired) electrons. The highest BCUT2D eigenvalue weighted by Gasteiger charge is 2.26. The van der Waals surface area contributed by atoms with E-state index in [-0.39, 0.29) is 29.2 Å². The Bertz CT molecular complexity index is 827. The molecular formula is C17H17FN2O4S. The van der Waals surface area contributed by atoms with Gasteiger partial charge in [0.25, 0.3) is 5.91 Å². The summed E-state index contributed by atoms with van der Waals surface area (Å²) in [6.45, 7) is 0.451. The molecule has 1 aromatic heterocycles. The number of primary amides is 1. The lowest BCUT2D eigenvalue weighted by atomic mass is 9.96. The van der Waals surface area contributed by atoms with E-state index in [4.69, 9.17) is 10.5 Å². The Kier molecular flexibility index (Phi) is 4.98. The largest absolute Gasteiger partial charge is 0.451 e. The number of nitrogens with two attached hydrogens (primary N) is 1. The SMILES string of the molecule is NC(=O)C1CCN(C(=O)COC(=O)c2cc3c(F)cccc3s2)CC1. The van der Waals surface area contributed by atoms with Crippen molar-refractivity contribution in [2.45, 2.75) is 12.8 Å². The number of thiophene rings is 1. The fraction of sp³-hybridized carbons (Fsp3) is 0.353. The minimum Gasteiger partial charge on any atom is -0.451 e. The van der Waals surface area contributed by atoms with Crippen LogP contribution >= 0.6 is 11.3 Å². The second-order valence-corrected chi connectivity index (χ2v) is 6.98. The molecule has 0 aliphatic carbocycles. The Labute approximate surface area is 147 Å². The molecule has 1 saturated heterocycles. The number of carbonyl (C=O) groups is 3. The summed E-state index contributed by atoms with van der Waals surface area (Å²) in [4.78, 5) is 37.1. The summed E-state index contributed by atoms with van der Waals surface area (Å²) in [5, 5.41) is 0.360. The first kappa shape index (κ1) is 17.3. The number of hydrogen-bond donors (Lipinski definition) is 1. The second-order valence-electron chi connectivity index (χ2n) is 5.90. The monoisotopic (exact) mass is 364 g/mol. The molecule has 1 aliphatic rings. The number of esters is 1. The third-order valence-electron chi connectivity index (χ3n) is 4.29. The van der Waals surface area contributed by atoms with E-state index in [1.165, 1.54) is 12.1 Å². The van der Waals surface area contributed by atoms with Crippen LogP contribution in [-0.2, 0) is 14.3 Å². The van der Waals surface area contributed by atoms with Gasteiger partial charge in [-0.15, -0.1) is 11.3 Å². The van der Waals surface area contributed by atoms with Gasteiger partial charge in [0, 0.05) is 29.1 Å². The zero-order chi connectivity index (χ0) is 18.0. The molecule has 2 aromatic rings. The van der Waals surface area contributed by atoms with Crippen molar-refractivity contribution in [1.82, 2.24) is 4.90 Å². The van der Waals surface area contributed by atoms with Crippen molar-refractivity contribution in [2.75, 3.05) is 19.7 Å². The summed E-state index contributed by atoms with van der Waals surface area (Å²) in [6, 6.07) is 6.04. The molecule has 8 heteroatoms. The Morgan fingerprint density at radius 1 is 1.28 bits per heavy atom. The first-order valence-corrected chi connectivity index (χ1v) is 8.69. The summed E-state index contributed by atoms with van der Waals surface area (Å²) in [6.07, 6.45) is 1.04. The number of likely N-dealkylation sites (tertiary alicyclic amines) is 1. The van der Waals surface area contributed by atoms with Crippen molar-refractivity contribution in [3.8, 4) is 0 Å². The maximum atomic E-state index is 13.7. The molecule has 1 fully saturated rings. The van der Waals surface area contributed by atoms with Gasteiger partial charge in [-0.2, -0.15) is 0 Å². The van der Waals surface area contributed by atoms with Gasteiger partial charge >= 0.3 is 5.97 Å². The molecule has 0 unspecified atom stereocenters. The van der Waals surface area contributed by atoms with Crippen molar-refractivity contribution in [1.29, 1.82) is 0 Å². The maximum Gasteiger partial charge on any atom is 0.348 e. The molecule has 0 atom stereocenters. The summed E-state index contributed by atoms with van der Waals surface area (Å²) in [5.41, 5.74) is 5.26. The molecule has 6 nitrogen and oxygen atoms in total. The Hall–Kier alpha value is -2.48. The number of rotatable bonds is 4. The average molecular weight is 364 g/mol. The van der Waals surface area contributed by atoms with Crippen molar-refractivity contribution in [2.24, 2.45) is 11.7 Å². The number of carbonyl (C=O) groups excluding carboxylic acids is 3. The predicted molar refractivity (Wildman–Crippen MR) is 90.6 cm³/mol. The third-order valence-corrected chi connectivity index (χ3v) is 5.37. The van der Waals surface area contributed by atoms with Crippen LogP contribution in [0.3, 0.4) is 0 Å². The summed E-state index contributed by atoms with van der Waals surface area (Å²) < 4.78 is 19.4.